The van der Waals surface area contributed by atoms with Gasteiger partial charge in [0.15, 0.2) is 0 Å². The van der Waals surface area contributed by atoms with E-state index in [1.54, 1.807) is 18.1 Å². The SMILES string of the molecule is COCc1cccc(C(=O)N2CCN(c3ccc(C(F)(F)F)cn3)CC2)c1. The molecule has 0 unspecified atom stereocenters. The number of carbonyl (C=O) groups excluding carboxylic acids is 1. The molecule has 0 atom stereocenters. The summed E-state index contributed by atoms with van der Waals surface area (Å²) in [6.07, 6.45) is -3.55. The Bertz CT molecular complexity index is 786. The van der Waals surface area contributed by atoms with E-state index in [0.717, 1.165) is 17.8 Å². The molecule has 2 heterocycles. The molecule has 1 saturated heterocycles. The highest BCUT2D eigenvalue weighted by Crippen LogP contribution is 2.29. The first kappa shape index (κ1) is 19.2. The van der Waals surface area contributed by atoms with Gasteiger partial charge >= 0.3 is 6.18 Å². The first-order valence-electron chi connectivity index (χ1n) is 8.54. The van der Waals surface area contributed by atoms with Crippen LogP contribution in [0.3, 0.4) is 0 Å². The Labute approximate surface area is 155 Å². The number of hydrogen-bond donors (Lipinski definition) is 0. The highest BCUT2D eigenvalue weighted by molar-refractivity contribution is 5.94. The summed E-state index contributed by atoms with van der Waals surface area (Å²) in [6.45, 7) is 2.43. The van der Waals surface area contributed by atoms with Crippen LogP contribution in [-0.4, -0.2) is 49.1 Å². The second-order valence-electron chi connectivity index (χ2n) is 6.32. The molecule has 2 aromatic rings. The van der Waals surface area contributed by atoms with Gasteiger partial charge in [0.1, 0.15) is 5.82 Å². The third-order valence-corrected chi connectivity index (χ3v) is 4.45. The fraction of sp³-hybridized carbons (Fsp3) is 0.368. The van der Waals surface area contributed by atoms with Crippen LogP contribution in [0.1, 0.15) is 21.5 Å². The van der Waals surface area contributed by atoms with Gasteiger partial charge in [0.05, 0.1) is 12.2 Å². The Morgan fingerprint density at radius 1 is 1.15 bits per heavy atom. The summed E-state index contributed by atoms with van der Waals surface area (Å²) in [7, 11) is 1.60. The maximum Gasteiger partial charge on any atom is 0.417 e. The number of carbonyl (C=O) groups is 1. The number of halogens is 3. The third-order valence-electron chi connectivity index (χ3n) is 4.45. The van der Waals surface area contributed by atoms with Crippen LogP contribution in [0.25, 0.3) is 0 Å². The average Bonchev–Trinajstić information content (AvgIpc) is 2.67. The number of alkyl halides is 3. The molecular formula is C19H20F3N3O2. The van der Waals surface area contributed by atoms with Crippen LogP contribution >= 0.6 is 0 Å². The molecular weight excluding hydrogens is 359 g/mol. The molecule has 0 spiro atoms. The Morgan fingerprint density at radius 3 is 2.48 bits per heavy atom. The van der Waals surface area contributed by atoms with Gasteiger partial charge in [-0.2, -0.15) is 13.2 Å². The van der Waals surface area contributed by atoms with Crippen molar-refractivity contribution in [1.82, 2.24) is 9.88 Å². The Morgan fingerprint density at radius 2 is 1.89 bits per heavy atom. The summed E-state index contributed by atoms with van der Waals surface area (Å²) in [5.74, 6) is 0.421. The lowest BCUT2D eigenvalue weighted by Gasteiger charge is -2.35. The number of rotatable bonds is 4. The molecule has 1 amide bonds. The monoisotopic (exact) mass is 379 g/mol. The van der Waals surface area contributed by atoms with Crippen LogP contribution in [0, 0.1) is 0 Å². The van der Waals surface area contributed by atoms with E-state index in [0.29, 0.717) is 44.2 Å². The third kappa shape index (κ3) is 4.57. The first-order chi connectivity index (χ1) is 12.9. The number of benzene rings is 1. The number of methoxy groups -OCH3 is 1. The Hall–Kier alpha value is -2.61. The van der Waals surface area contributed by atoms with Gasteiger partial charge in [0, 0.05) is 45.0 Å². The second kappa shape index (κ2) is 7.96. The van der Waals surface area contributed by atoms with Gasteiger partial charge in [-0.05, 0) is 29.8 Å². The van der Waals surface area contributed by atoms with Crippen molar-refractivity contribution >= 4 is 11.7 Å². The van der Waals surface area contributed by atoms with Crippen molar-refractivity contribution in [3.8, 4) is 0 Å². The van der Waals surface area contributed by atoms with Crippen molar-refractivity contribution < 1.29 is 22.7 Å². The molecule has 8 heteroatoms. The quantitative estimate of drug-likeness (QED) is 0.819. The van der Waals surface area contributed by atoms with E-state index in [2.05, 4.69) is 4.98 Å². The van der Waals surface area contributed by atoms with Crippen LogP contribution in [0.5, 0.6) is 0 Å². The number of nitrogens with zero attached hydrogens (tertiary/aromatic N) is 3. The highest BCUT2D eigenvalue weighted by Gasteiger charge is 2.31. The van der Waals surface area contributed by atoms with Crippen molar-refractivity contribution in [2.75, 3.05) is 38.2 Å². The number of amides is 1. The van der Waals surface area contributed by atoms with E-state index in [9.17, 15) is 18.0 Å². The average molecular weight is 379 g/mol. The summed E-state index contributed by atoms with van der Waals surface area (Å²) in [5.41, 5.74) is 0.762. The van der Waals surface area contributed by atoms with Crippen molar-refractivity contribution in [2.24, 2.45) is 0 Å². The van der Waals surface area contributed by atoms with Gasteiger partial charge in [0.2, 0.25) is 0 Å². The van der Waals surface area contributed by atoms with E-state index < -0.39 is 11.7 Å². The van der Waals surface area contributed by atoms with Crippen LogP contribution in [0.4, 0.5) is 19.0 Å². The smallest absolute Gasteiger partial charge is 0.380 e. The van der Waals surface area contributed by atoms with Gasteiger partial charge in [-0.3, -0.25) is 4.79 Å². The lowest BCUT2D eigenvalue weighted by molar-refractivity contribution is -0.137. The van der Waals surface area contributed by atoms with E-state index in [-0.39, 0.29) is 5.91 Å². The molecule has 5 nitrogen and oxygen atoms in total. The van der Waals surface area contributed by atoms with Crippen LogP contribution in [0.2, 0.25) is 0 Å². The fourth-order valence-electron chi connectivity index (χ4n) is 3.02. The molecule has 0 aliphatic carbocycles. The van der Waals surface area contributed by atoms with Crippen molar-refractivity contribution in [2.45, 2.75) is 12.8 Å². The topological polar surface area (TPSA) is 45.7 Å². The summed E-state index contributed by atoms with van der Waals surface area (Å²) in [5, 5.41) is 0. The molecule has 0 N–H and O–H groups in total. The van der Waals surface area contributed by atoms with Crippen molar-refractivity contribution in [1.29, 1.82) is 0 Å². The van der Waals surface area contributed by atoms with Crippen LogP contribution < -0.4 is 4.90 Å². The largest absolute Gasteiger partial charge is 0.417 e. The van der Waals surface area contributed by atoms with Gasteiger partial charge in [-0.25, -0.2) is 4.98 Å². The van der Waals surface area contributed by atoms with E-state index >= 15 is 0 Å². The van der Waals surface area contributed by atoms with Crippen molar-refractivity contribution in [3.63, 3.8) is 0 Å². The predicted octanol–water partition coefficient (Wildman–Crippen LogP) is 3.21. The Kier molecular flexibility index (Phi) is 5.65. The number of hydrogen-bond acceptors (Lipinski definition) is 4. The first-order valence-corrected chi connectivity index (χ1v) is 8.54. The van der Waals surface area contributed by atoms with Crippen LogP contribution in [0.15, 0.2) is 42.6 Å². The molecule has 0 saturated carbocycles. The minimum Gasteiger partial charge on any atom is -0.380 e. The molecule has 1 aromatic heterocycles. The lowest BCUT2D eigenvalue weighted by Crippen LogP contribution is -2.49. The maximum absolute atomic E-state index is 12.7. The molecule has 1 aromatic carbocycles. The molecule has 27 heavy (non-hydrogen) atoms. The number of aromatic nitrogens is 1. The maximum atomic E-state index is 12.7. The number of ether oxygens (including phenoxy) is 1. The molecule has 1 aliphatic heterocycles. The summed E-state index contributed by atoms with van der Waals surface area (Å²) in [6, 6.07) is 9.70. The second-order valence-corrected chi connectivity index (χ2v) is 6.32. The molecule has 144 valence electrons. The molecule has 0 bridgehead atoms. The van der Waals surface area contributed by atoms with Gasteiger partial charge < -0.3 is 14.5 Å². The molecule has 0 radical (unpaired) electrons. The predicted molar refractivity (Wildman–Crippen MR) is 94.5 cm³/mol. The zero-order chi connectivity index (χ0) is 19.4. The van der Waals surface area contributed by atoms with E-state index in [1.807, 2.05) is 23.1 Å². The van der Waals surface area contributed by atoms with Gasteiger partial charge in [-0.1, -0.05) is 12.1 Å². The summed E-state index contributed by atoms with van der Waals surface area (Å²) < 4.78 is 43.0. The zero-order valence-electron chi connectivity index (χ0n) is 14.9. The number of pyridine rings is 1. The summed E-state index contributed by atoms with van der Waals surface area (Å²) >= 11 is 0. The summed E-state index contributed by atoms with van der Waals surface area (Å²) in [4.78, 5) is 20.2. The molecule has 1 fully saturated rings. The normalized spacial score (nSPS) is 15.1. The Balaban J connectivity index is 1.61. The molecule has 3 rings (SSSR count). The standard InChI is InChI=1S/C19H20F3N3O2/c1-27-13-14-3-2-4-15(11-14)18(26)25-9-7-24(8-10-25)17-6-5-16(12-23-17)19(20,21)22/h2-6,11-12H,7-10,13H2,1H3. The molecule has 1 aliphatic rings. The lowest BCUT2D eigenvalue weighted by atomic mass is 10.1. The van der Waals surface area contributed by atoms with Gasteiger partial charge in [0.25, 0.3) is 5.91 Å². The fourth-order valence-corrected chi connectivity index (χ4v) is 3.02. The van der Waals surface area contributed by atoms with Crippen molar-refractivity contribution in [3.05, 3.63) is 59.3 Å². The van der Waals surface area contributed by atoms with E-state index in [1.165, 1.54) is 6.07 Å². The minimum absolute atomic E-state index is 0.0621. The number of piperazine rings is 1. The number of anilines is 1. The highest BCUT2D eigenvalue weighted by atomic mass is 19.4. The van der Waals surface area contributed by atoms with Crippen LogP contribution in [-0.2, 0) is 17.5 Å². The zero-order valence-corrected chi connectivity index (χ0v) is 14.9. The van der Waals surface area contributed by atoms with E-state index in [4.69, 9.17) is 4.74 Å². The minimum atomic E-state index is -4.39. The van der Waals surface area contributed by atoms with Gasteiger partial charge in [-0.15, -0.1) is 0 Å².